The van der Waals surface area contributed by atoms with Crippen LogP contribution < -0.4 is 5.73 Å². The lowest BCUT2D eigenvalue weighted by molar-refractivity contribution is -0.385. The Balaban J connectivity index is 0.00000200. The highest BCUT2D eigenvalue weighted by Gasteiger charge is 2.34. The van der Waals surface area contributed by atoms with Gasteiger partial charge < -0.3 is 10.6 Å². The van der Waals surface area contributed by atoms with Crippen LogP contribution in [-0.4, -0.2) is 45.1 Å². The third-order valence-corrected chi connectivity index (χ3v) is 3.53. The zero-order valence-electron chi connectivity index (χ0n) is 11.2. The van der Waals surface area contributed by atoms with Crippen molar-refractivity contribution in [3.8, 4) is 0 Å². The lowest BCUT2D eigenvalue weighted by Crippen LogP contribution is -2.36. The molecule has 1 fully saturated rings. The van der Waals surface area contributed by atoms with Crippen LogP contribution in [0.5, 0.6) is 0 Å². The molecule has 9 heteroatoms. The van der Waals surface area contributed by atoms with Crippen LogP contribution in [0.1, 0.15) is 13.3 Å². The van der Waals surface area contributed by atoms with Crippen molar-refractivity contribution in [2.75, 3.05) is 19.6 Å². The van der Waals surface area contributed by atoms with Gasteiger partial charge in [0.2, 0.25) is 5.91 Å². The second-order valence-electron chi connectivity index (χ2n) is 5.23. The van der Waals surface area contributed by atoms with Crippen LogP contribution in [-0.2, 0) is 11.3 Å². The smallest absolute Gasteiger partial charge is 0.307 e. The first-order valence-corrected chi connectivity index (χ1v) is 6.08. The minimum Gasteiger partial charge on any atom is -0.340 e. The van der Waals surface area contributed by atoms with Crippen molar-refractivity contribution in [1.82, 2.24) is 14.7 Å². The molecule has 112 valence electrons. The van der Waals surface area contributed by atoms with Gasteiger partial charge in [-0.05, 0) is 18.4 Å². The highest BCUT2D eigenvalue weighted by Crippen LogP contribution is 2.28. The van der Waals surface area contributed by atoms with Crippen LogP contribution in [0.4, 0.5) is 5.69 Å². The highest BCUT2D eigenvalue weighted by molar-refractivity contribution is 5.85. The summed E-state index contributed by atoms with van der Waals surface area (Å²) in [5.41, 5.74) is 5.56. The van der Waals surface area contributed by atoms with E-state index >= 15 is 0 Å². The molecule has 0 saturated carbocycles. The largest absolute Gasteiger partial charge is 0.340 e. The Morgan fingerprint density at radius 2 is 2.35 bits per heavy atom. The van der Waals surface area contributed by atoms with E-state index in [-0.39, 0.29) is 36.0 Å². The van der Waals surface area contributed by atoms with E-state index in [9.17, 15) is 14.9 Å². The van der Waals surface area contributed by atoms with Gasteiger partial charge in [0, 0.05) is 13.1 Å². The molecule has 0 aromatic carbocycles. The zero-order valence-corrected chi connectivity index (χ0v) is 12.0. The molecule has 1 unspecified atom stereocenters. The van der Waals surface area contributed by atoms with Crippen molar-refractivity contribution in [2.24, 2.45) is 11.1 Å². The molecular formula is C11H18ClN5O3. The van der Waals surface area contributed by atoms with E-state index in [0.29, 0.717) is 19.6 Å². The van der Waals surface area contributed by atoms with Gasteiger partial charge in [0.15, 0.2) is 0 Å². The maximum absolute atomic E-state index is 12.1. The van der Waals surface area contributed by atoms with Crippen molar-refractivity contribution in [2.45, 2.75) is 19.9 Å². The Hall–Kier alpha value is -1.67. The van der Waals surface area contributed by atoms with Crippen molar-refractivity contribution in [3.63, 3.8) is 0 Å². The molecule has 2 N–H and O–H groups in total. The number of amides is 1. The fraction of sp³-hybridized carbons (Fsp3) is 0.636. The van der Waals surface area contributed by atoms with E-state index in [1.165, 1.54) is 10.9 Å². The maximum Gasteiger partial charge on any atom is 0.307 e. The molecule has 0 bridgehead atoms. The summed E-state index contributed by atoms with van der Waals surface area (Å²) in [6.07, 6.45) is 3.28. The van der Waals surface area contributed by atoms with Crippen LogP contribution in [0.2, 0.25) is 0 Å². The van der Waals surface area contributed by atoms with Gasteiger partial charge in [-0.3, -0.25) is 19.6 Å². The number of aromatic nitrogens is 2. The molecule has 1 saturated heterocycles. The van der Waals surface area contributed by atoms with E-state index < -0.39 is 4.92 Å². The normalized spacial score (nSPS) is 21.6. The summed E-state index contributed by atoms with van der Waals surface area (Å²) in [5, 5.41) is 14.3. The Morgan fingerprint density at radius 3 is 2.85 bits per heavy atom. The average Bonchev–Trinajstić information content (AvgIpc) is 2.97. The first-order chi connectivity index (χ1) is 8.93. The lowest BCUT2D eigenvalue weighted by atomic mass is 9.90. The number of likely N-dealkylation sites (tertiary alicyclic amines) is 1. The molecule has 0 radical (unpaired) electrons. The number of rotatable bonds is 4. The summed E-state index contributed by atoms with van der Waals surface area (Å²) in [4.78, 5) is 23.8. The van der Waals surface area contributed by atoms with Crippen LogP contribution in [0.25, 0.3) is 0 Å². The molecule has 20 heavy (non-hydrogen) atoms. The molecule has 2 heterocycles. The number of hydrogen-bond donors (Lipinski definition) is 1. The summed E-state index contributed by atoms with van der Waals surface area (Å²) in [6.45, 7) is 3.93. The number of hydrogen-bond acceptors (Lipinski definition) is 5. The summed E-state index contributed by atoms with van der Waals surface area (Å²) in [6, 6.07) is 0. The number of nitrogens with two attached hydrogens (primary N) is 1. The van der Waals surface area contributed by atoms with Crippen LogP contribution >= 0.6 is 12.4 Å². The molecule has 1 aromatic rings. The van der Waals surface area contributed by atoms with E-state index in [4.69, 9.17) is 5.73 Å². The first kappa shape index (κ1) is 16.4. The molecule has 1 aliphatic rings. The van der Waals surface area contributed by atoms with Crippen LogP contribution in [0, 0.1) is 15.5 Å². The third-order valence-electron chi connectivity index (χ3n) is 3.53. The topological polar surface area (TPSA) is 107 Å². The molecule has 0 aliphatic carbocycles. The number of nitro groups is 1. The first-order valence-electron chi connectivity index (χ1n) is 6.08. The van der Waals surface area contributed by atoms with Gasteiger partial charge in [-0.2, -0.15) is 5.10 Å². The van der Waals surface area contributed by atoms with Crippen molar-refractivity contribution in [1.29, 1.82) is 0 Å². The Labute approximate surface area is 122 Å². The summed E-state index contributed by atoms with van der Waals surface area (Å²) >= 11 is 0. The van der Waals surface area contributed by atoms with E-state index in [2.05, 4.69) is 12.0 Å². The van der Waals surface area contributed by atoms with Gasteiger partial charge in [0.05, 0.1) is 4.92 Å². The predicted octanol–water partition coefficient (Wildman–Crippen LogP) is 0.410. The van der Waals surface area contributed by atoms with Crippen molar-refractivity contribution >= 4 is 24.0 Å². The van der Waals surface area contributed by atoms with E-state index in [1.54, 1.807) is 4.90 Å². The Morgan fingerprint density at radius 1 is 1.65 bits per heavy atom. The standard InChI is InChI=1S/C11H17N5O3.ClH/c1-11(7-12)2-3-14(8-11)10(17)6-15-5-9(4-13-15)16(18)19;/h4-5H,2-3,6-8,12H2,1H3;1H. The van der Waals surface area contributed by atoms with Gasteiger partial charge in [0.1, 0.15) is 18.9 Å². The molecule has 8 nitrogen and oxygen atoms in total. The van der Waals surface area contributed by atoms with Gasteiger partial charge in [-0.15, -0.1) is 12.4 Å². The molecule has 1 amide bonds. The molecule has 1 atom stereocenters. The fourth-order valence-electron chi connectivity index (χ4n) is 2.18. The van der Waals surface area contributed by atoms with Gasteiger partial charge in [-0.1, -0.05) is 6.92 Å². The second kappa shape index (κ2) is 6.19. The lowest BCUT2D eigenvalue weighted by Gasteiger charge is -2.22. The Kier molecular flexibility index (Phi) is 5.07. The predicted molar refractivity (Wildman–Crippen MR) is 74.5 cm³/mol. The Bertz CT molecular complexity index is 506. The fourth-order valence-corrected chi connectivity index (χ4v) is 2.18. The monoisotopic (exact) mass is 303 g/mol. The molecule has 2 rings (SSSR count). The average molecular weight is 304 g/mol. The summed E-state index contributed by atoms with van der Waals surface area (Å²) < 4.78 is 1.29. The molecule has 0 spiro atoms. The summed E-state index contributed by atoms with van der Waals surface area (Å²) in [7, 11) is 0. The maximum atomic E-state index is 12.1. The zero-order chi connectivity index (χ0) is 14.0. The summed E-state index contributed by atoms with van der Waals surface area (Å²) in [5.74, 6) is -0.0878. The van der Waals surface area contributed by atoms with Crippen molar-refractivity contribution < 1.29 is 9.72 Å². The third kappa shape index (κ3) is 3.45. The number of carbonyl (C=O) groups excluding carboxylic acids is 1. The van der Waals surface area contributed by atoms with Crippen LogP contribution in [0.3, 0.4) is 0 Å². The highest BCUT2D eigenvalue weighted by atomic mass is 35.5. The molecule has 1 aliphatic heterocycles. The second-order valence-corrected chi connectivity index (χ2v) is 5.23. The molecule has 1 aromatic heterocycles. The number of nitrogens with zero attached hydrogens (tertiary/aromatic N) is 4. The van der Waals surface area contributed by atoms with Gasteiger partial charge in [-0.25, -0.2) is 0 Å². The number of halogens is 1. The van der Waals surface area contributed by atoms with Crippen molar-refractivity contribution in [3.05, 3.63) is 22.5 Å². The number of carbonyl (C=O) groups is 1. The van der Waals surface area contributed by atoms with E-state index in [1.807, 2.05) is 0 Å². The SMILES string of the molecule is CC1(CN)CCN(C(=O)Cn2cc([N+](=O)[O-])cn2)C1.Cl. The quantitative estimate of drug-likeness (QED) is 0.640. The minimum absolute atomic E-state index is 0. The van der Waals surface area contributed by atoms with Gasteiger partial charge >= 0.3 is 5.69 Å². The van der Waals surface area contributed by atoms with Gasteiger partial charge in [0.25, 0.3) is 0 Å². The molecular weight excluding hydrogens is 286 g/mol. The minimum atomic E-state index is -0.532. The van der Waals surface area contributed by atoms with E-state index in [0.717, 1.165) is 12.6 Å². The van der Waals surface area contributed by atoms with Crippen LogP contribution in [0.15, 0.2) is 12.4 Å².